The average Bonchev–Trinajstić information content (AvgIpc) is 3.27. The van der Waals surface area contributed by atoms with E-state index in [0.717, 1.165) is 55.4 Å². The van der Waals surface area contributed by atoms with Crippen LogP contribution in [0, 0.1) is 6.92 Å². The topological polar surface area (TPSA) is 64.1 Å². The molecule has 7 heteroatoms. The molecule has 1 aliphatic heterocycles. The highest BCUT2D eigenvalue weighted by molar-refractivity contribution is 14.0. The van der Waals surface area contributed by atoms with Crippen molar-refractivity contribution in [2.75, 3.05) is 33.4 Å². The third-order valence-corrected chi connectivity index (χ3v) is 4.95. The second-order valence-electron chi connectivity index (χ2n) is 7.44. The summed E-state index contributed by atoms with van der Waals surface area (Å²) in [6.45, 7) is 5.73. The largest absolute Gasteiger partial charge is 0.494 e. The van der Waals surface area contributed by atoms with Gasteiger partial charge in [-0.15, -0.1) is 24.0 Å². The van der Waals surface area contributed by atoms with Gasteiger partial charge >= 0.3 is 0 Å². The highest BCUT2D eigenvalue weighted by Gasteiger charge is 2.18. The SMILES string of the molecule is CN=C(NCCCCOc1ccccc1)NCc1ccc(C)cc1OC1CCOC1.I. The lowest BCUT2D eigenvalue weighted by Crippen LogP contribution is -2.37. The first-order valence-corrected chi connectivity index (χ1v) is 10.7. The Morgan fingerprint density at radius 1 is 1.13 bits per heavy atom. The van der Waals surface area contributed by atoms with E-state index < -0.39 is 0 Å². The molecule has 1 aliphatic rings. The van der Waals surface area contributed by atoms with Crippen molar-refractivity contribution in [1.29, 1.82) is 0 Å². The number of nitrogens with one attached hydrogen (secondary N) is 2. The number of aryl methyl sites for hydroxylation is 1. The number of benzene rings is 2. The van der Waals surface area contributed by atoms with E-state index in [1.807, 2.05) is 30.3 Å². The number of hydrogen-bond acceptors (Lipinski definition) is 4. The zero-order valence-corrected chi connectivity index (χ0v) is 20.8. The Hall–Kier alpha value is -2.00. The Morgan fingerprint density at radius 2 is 1.97 bits per heavy atom. The maximum Gasteiger partial charge on any atom is 0.191 e. The van der Waals surface area contributed by atoms with Crippen LogP contribution in [0.25, 0.3) is 0 Å². The molecule has 0 bridgehead atoms. The van der Waals surface area contributed by atoms with Crippen LogP contribution in [-0.2, 0) is 11.3 Å². The minimum absolute atomic E-state index is 0. The highest BCUT2D eigenvalue weighted by Crippen LogP contribution is 2.23. The second kappa shape index (κ2) is 14.1. The lowest BCUT2D eigenvalue weighted by Gasteiger charge is -2.18. The maximum atomic E-state index is 6.18. The monoisotopic (exact) mass is 539 g/mol. The number of rotatable bonds is 10. The van der Waals surface area contributed by atoms with Gasteiger partial charge in [-0.25, -0.2) is 0 Å². The molecule has 31 heavy (non-hydrogen) atoms. The molecule has 1 heterocycles. The first kappa shape index (κ1) is 25.3. The molecule has 1 saturated heterocycles. The minimum Gasteiger partial charge on any atom is -0.494 e. The van der Waals surface area contributed by atoms with Crippen LogP contribution >= 0.6 is 24.0 Å². The van der Waals surface area contributed by atoms with Crippen molar-refractivity contribution in [3.63, 3.8) is 0 Å². The molecule has 2 aromatic rings. The molecule has 0 aromatic heterocycles. The molecule has 0 spiro atoms. The first-order valence-electron chi connectivity index (χ1n) is 10.7. The van der Waals surface area contributed by atoms with Gasteiger partial charge in [0.1, 0.15) is 17.6 Å². The third-order valence-electron chi connectivity index (χ3n) is 4.95. The molecule has 2 N–H and O–H groups in total. The summed E-state index contributed by atoms with van der Waals surface area (Å²) in [7, 11) is 1.79. The zero-order chi connectivity index (χ0) is 21.0. The van der Waals surface area contributed by atoms with Gasteiger partial charge in [-0.3, -0.25) is 4.99 Å². The molecule has 6 nitrogen and oxygen atoms in total. The summed E-state index contributed by atoms with van der Waals surface area (Å²) in [5, 5.41) is 6.75. The molecule has 0 amide bonds. The van der Waals surface area contributed by atoms with E-state index in [-0.39, 0.29) is 30.1 Å². The van der Waals surface area contributed by atoms with Crippen LogP contribution in [0.1, 0.15) is 30.4 Å². The molecule has 0 radical (unpaired) electrons. The standard InChI is InChI=1S/C24H33N3O3.HI/c1-19-10-11-20(23(16-19)30-22-12-15-28-18-22)17-27-24(25-2)26-13-6-7-14-29-21-8-4-3-5-9-21;/h3-5,8-11,16,22H,6-7,12-15,17-18H2,1-2H3,(H2,25,26,27);1H. The number of halogens is 1. The van der Waals surface area contributed by atoms with Crippen LogP contribution in [0.5, 0.6) is 11.5 Å². The fourth-order valence-corrected chi connectivity index (χ4v) is 3.24. The number of guanidine groups is 1. The summed E-state index contributed by atoms with van der Waals surface area (Å²) in [6.07, 6.45) is 3.07. The predicted octanol–water partition coefficient (Wildman–Crippen LogP) is 4.30. The van der Waals surface area contributed by atoms with E-state index in [2.05, 4.69) is 40.7 Å². The summed E-state index contributed by atoms with van der Waals surface area (Å²) < 4.78 is 17.3. The molecule has 2 aromatic carbocycles. The fourth-order valence-electron chi connectivity index (χ4n) is 3.24. The van der Waals surface area contributed by atoms with E-state index in [9.17, 15) is 0 Å². The van der Waals surface area contributed by atoms with Gasteiger partial charge in [0.15, 0.2) is 5.96 Å². The lowest BCUT2D eigenvalue weighted by atomic mass is 10.1. The molecular formula is C24H34IN3O3. The molecule has 0 aliphatic carbocycles. The maximum absolute atomic E-state index is 6.18. The smallest absolute Gasteiger partial charge is 0.191 e. The Balaban J connectivity index is 0.00000341. The molecule has 0 saturated carbocycles. The Bertz CT molecular complexity index is 796. The molecule has 3 rings (SSSR count). The molecule has 1 atom stereocenters. The van der Waals surface area contributed by atoms with Gasteiger partial charge in [0, 0.05) is 32.1 Å². The zero-order valence-electron chi connectivity index (χ0n) is 18.4. The molecule has 170 valence electrons. The van der Waals surface area contributed by atoms with Gasteiger partial charge in [-0.2, -0.15) is 0 Å². The van der Waals surface area contributed by atoms with Gasteiger partial charge in [-0.1, -0.05) is 30.3 Å². The molecule has 1 fully saturated rings. The number of unbranched alkanes of at least 4 members (excludes halogenated alkanes) is 1. The van der Waals surface area contributed by atoms with Crippen molar-refractivity contribution in [3.05, 3.63) is 59.7 Å². The summed E-state index contributed by atoms with van der Waals surface area (Å²) in [5.41, 5.74) is 2.31. The fraction of sp³-hybridized carbons (Fsp3) is 0.458. The summed E-state index contributed by atoms with van der Waals surface area (Å²) in [5.74, 6) is 2.63. The highest BCUT2D eigenvalue weighted by atomic mass is 127. The third kappa shape index (κ3) is 8.95. The molecular weight excluding hydrogens is 505 g/mol. The Labute approximate surface area is 202 Å². The van der Waals surface area contributed by atoms with Crippen molar-refractivity contribution >= 4 is 29.9 Å². The summed E-state index contributed by atoms with van der Waals surface area (Å²) >= 11 is 0. The average molecular weight is 539 g/mol. The number of nitrogens with zero attached hydrogens (tertiary/aromatic N) is 1. The van der Waals surface area contributed by atoms with Crippen molar-refractivity contribution in [1.82, 2.24) is 10.6 Å². The normalized spacial score (nSPS) is 15.8. The van der Waals surface area contributed by atoms with Crippen LogP contribution < -0.4 is 20.1 Å². The number of aliphatic imine (C=N–C) groups is 1. The second-order valence-corrected chi connectivity index (χ2v) is 7.44. The van der Waals surface area contributed by atoms with E-state index in [1.54, 1.807) is 7.05 Å². The van der Waals surface area contributed by atoms with Crippen molar-refractivity contribution in [2.45, 2.75) is 38.8 Å². The van der Waals surface area contributed by atoms with E-state index in [1.165, 1.54) is 5.56 Å². The predicted molar refractivity (Wildman–Crippen MR) is 136 cm³/mol. The number of hydrogen-bond donors (Lipinski definition) is 2. The number of para-hydroxylation sites is 1. The lowest BCUT2D eigenvalue weighted by molar-refractivity contribution is 0.140. The quantitative estimate of drug-likeness (QED) is 0.204. The van der Waals surface area contributed by atoms with Crippen LogP contribution in [0.3, 0.4) is 0 Å². The van der Waals surface area contributed by atoms with Crippen LogP contribution in [0.2, 0.25) is 0 Å². The van der Waals surface area contributed by atoms with Gasteiger partial charge in [0.2, 0.25) is 0 Å². The van der Waals surface area contributed by atoms with Gasteiger partial charge in [0.05, 0.1) is 19.8 Å². The van der Waals surface area contributed by atoms with E-state index in [0.29, 0.717) is 19.8 Å². The van der Waals surface area contributed by atoms with Crippen molar-refractivity contribution in [3.8, 4) is 11.5 Å². The van der Waals surface area contributed by atoms with Crippen molar-refractivity contribution in [2.24, 2.45) is 4.99 Å². The summed E-state index contributed by atoms with van der Waals surface area (Å²) in [6, 6.07) is 16.2. The van der Waals surface area contributed by atoms with Crippen LogP contribution in [0.4, 0.5) is 0 Å². The van der Waals surface area contributed by atoms with Gasteiger partial charge < -0.3 is 24.8 Å². The minimum atomic E-state index is 0. The van der Waals surface area contributed by atoms with Crippen LogP contribution in [0.15, 0.2) is 53.5 Å². The Kier molecular flexibility index (Phi) is 11.5. The van der Waals surface area contributed by atoms with Crippen molar-refractivity contribution < 1.29 is 14.2 Å². The molecule has 1 unspecified atom stereocenters. The van der Waals surface area contributed by atoms with E-state index in [4.69, 9.17) is 14.2 Å². The van der Waals surface area contributed by atoms with Gasteiger partial charge in [0.25, 0.3) is 0 Å². The van der Waals surface area contributed by atoms with E-state index >= 15 is 0 Å². The first-order chi connectivity index (χ1) is 14.7. The van der Waals surface area contributed by atoms with Crippen LogP contribution in [-0.4, -0.2) is 45.5 Å². The number of ether oxygens (including phenoxy) is 3. The Morgan fingerprint density at radius 3 is 2.71 bits per heavy atom. The van der Waals surface area contributed by atoms with Gasteiger partial charge in [-0.05, 0) is 43.5 Å². The summed E-state index contributed by atoms with van der Waals surface area (Å²) in [4.78, 5) is 4.32.